The molecular formula is C17H21N3OS. The van der Waals surface area contributed by atoms with Crippen molar-refractivity contribution in [2.24, 2.45) is 5.92 Å². The lowest BCUT2D eigenvalue weighted by molar-refractivity contribution is -0.128. The van der Waals surface area contributed by atoms with E-state index in [-0.39, 0.29) is 17.9 Å². The minimum absolute atomic E-state index is 0.266. The Kier molecular flexibility index (Phi) is 3.74. The molecule has 1 aliphatic carbocycles. The molecular weight excluding hydrogens is 294 g/mol. The third kappa shape index (κ3) is 2.70. The molecule has 0 spiro atoms. The number of rotatable bonds is 3. The largest absolute Gasteiger partial charge is 0.351 e. The number of para-hydroxylation sites is 1. The first kappa shape index (κ1) is 14.0. The maximum absolute atomic E-state index is 12.1. The predicted octanol–water partition coefficient (Wildman–Crippen LogP) is 3.18. The van der Waals surface area contributed by atoms with Gasteiger partial charge in [-0.3, -0.25) is 4.79 Å². The number of hydrogen-bond donors (Lipinski definition) is 1. The molecule has 2 fully saturated rings. The molecule has 5 heteroatoms. The van der Waals surface area contributed by atoms with Crippen molar-refractivity contribution in [1.82, 2.24) is 10.3 Å². The number of fused-ring (bicyclic) bond motifs is 1. The molecule has 1 amide bonds. The topological polar surface area (TPSA) is 45.2 Å². The second-order valence-electron chi connectivity index (χ2n) is 6.39. The van der Waals surface area contributed by atoms with Crippen LogP contribution in [0.2, 0.25) is 0 Å². The molecule has 1 aliphatic heterocycles. The number of carbonyl (C=O) groups is 1. The van der Waals surface area contributed by atoms with Crippen LogP contribution in [0.25, 0.3) is 10.2 Å². The van der Waals surface area contributed by atoms with Crippen molar-refractivity contribution in [3.63, 3.8) is 0 Å². The number of anilines is 1. The van der Waals surface area contributed by atoms with E-state index in [0.717, 1.165) is 49.4 Å². The Morgan fingerprint density at radius 2 is 2.09 bits per heavy atom. The molecule has 1 aromatic carbocycles. The van der Waals surface area contributed by atoms with E-state index in [4.69, 9.17) is 4.98 Å². The van der Waals surface area contributed by atoms with Gasteiger partial charge < -0.3 is 10.2 Å². The van der Waals surface area contributed by atoms with Crippen LogP contribution in [0.5, 0.6) is 0 Å². The molecule has 1 saturated carbocycles. The van der Waals surface area contributed by atoms with Crippen molar-refractivity contribution in [2.75, 3.05) is 18.0 Å². The molecule has 4 nitrogen and oxygen atoms in total. The third-order valence-corrected chi connectivity index (χ3v) is 5.89. The average molecular weight is 315 g/mol. The van der Waals surface area contributed by atoms with E-state index in [2.05, 4.69) is 28.4 Å². The van der Waals surface area contributed by atoms with Crippen molar-refractivity contribution in [1.29, 1.82) is 0 Å². The van der Waals surface area contributed by atoms with Gasteiger partial charge in [0.25, 0.3) is 0 Å². The first-order valence-electron chi connectivity index (χ1n) is 8.20. The quantitative estimate of drug-likeness (QED) is 0.946. The van der Waals surface area contributed by atoms with Gasteiger partial charge in [0, 0.05) is 25.0 Å². The zero-order valence-corrected chi connectivity index (χ0v) is 13.4. The van der Waals surface area contributed by atoms with Gasteiger partial charge in [-0.15, -0.1) is 0 Å². The summed E-state index contributed by atoms with van der Waals surface area (Å²) in [5, 5.41) is 4.34. The Morgan fingerprint density at radius 1 is 1.23 bits per heavy atom. The molecule has 2 aromatic rings. The summed E-state index contributed by atoms with van der Waals surface area (Å²) in [7, 11) is 0. The highest BCUT2D eigenvalue weighted by molar-refractivity contribution is 7.22. The molecule has 1 saturated heterocycles. The fourth-order valence-corrected chi connectivity index (χ4v) is 4.25. The maximum atomic E-state index is 12.1. The van der Waals surface area contributed by atoms with Crippen molar-refractivity contribution < 1.29 is 4.79 Å². The summed E-state index contributed by atoms with van der Waals surface area (Å²) < 4.78 is 1.23. The summed E-state index contributed by atoms with van der Waals surface area (Å²) >= 11 is 1.75. The van der Waals surface area contributed by atoms with Crippen molar-refractivity contribution >= 4 is 32.6 Å². The normalized spacial score (nSPS) is 22.5. The monoisotopic (exact) mass is 315 g/mol. The van der Waals surface area contributed by atoms with Gasteiger partial charge >= 0.3 is 0 Å². The number of nitrogens with one attached hydrogen (secondary N) is 1. The zero-order valence-electron chi connectivity index (χ0n) is 12.6. The molecule has 0 radical (unpaired) electrons. The van der Waals surface area contributed by atoms with Crippen LogP contribution in [-0.4, -0.2) is 30.0 Å². The Hall–Kier alpha value is -1.62. The van der Waals surface area contributed by atoms with Crippen molar-refractivity contribution in [3.8, 4) is 0 Å². The van der Waals surface area contributed by atoms with E-state index < -0.39 is 0 Å². The molecule has 0 bridgehead atoms. The van der Waals surface area contributed by atoms with E-state index in [1.807, 2.05) is 6.07 Å². The molecule has 1 atom stereocenters. The fraction of sp³-hybridized carbons (Fsp3) is 0.529. The second kappa shape index (κ2) is 5.88. The van der Waals surface area contributed by atoms with E-state index in [0.29, 0.717) is 0 Å². The van der Waals surface area contributed by atoms with Crippen molar-refractivity contribution in [3.05, 3.63) is 24.3 Å². The lowest BCUT2D eigenvalue weighted by atomic mass is 9.84. The Labute approximate surface area is 134 Å². The number of benzene rings is 1. The van der Waals surface area contributed by atoms with E-state index in [9.17, 15) is 4.79 Å². The van der Waals surface area contributed by atoms with Crippen LogP contribution in [0.1, 0.15) is 32.1 Å². The van der Waals surface area contributed by atoms with Gasteiger partial charge in [-0.1, -0.05) is 29.9 Å². The molecule has 116 valence electrons. The van der Waals surface area contributed by atoms with Crippen LogP contribution < -0.4 is 10.2 Å². The van der Waals surface area contributed by atoms with Crippen LogP contribution in [0, 0.1) is 5.92 Å². The van der Waals surface area contributed by atoms with Crippen LogP contribution in [0.15, 0.2) is 24.3 Å². The minimum atomic E-state index is 0.266. The smallest absolute Gasteiger partial charge is 0.223 e. The van der Waals surface area contributed by atoms with E-state index in [1.54, 1.807) is 11.3 Å². The summed E-state index contributed by atoms with van der Waals surface area (Å²) in [5.74, 6) is 0.542. The lowest BCUT2D eigenvalue weighted by Gasteiger charge is -2.34. The first-order chi connectivity index (χ1) is 10.8. The SMILES string of the molecule is O=C(NC1CCCN(c2nc3ccccc3s2)C1)C1CCC1. The molecule has 22 heavy (non-hydrogen) atoms. The fourth-order valence-electron chi connectivity index (χ4n) is 3.25. The summed E-state index contributed by atoms with van der Waals surface area (Å²) in [6.07, 6.45) is 5.55. The minimum Gasteiger partial charge on any atom is -0.351 e. The maximum Gasteiger partial charge on any atom is 0.223 e. The van der Waals surface area contributed by atoms with Gasteiger partial charge in [0.15, 0.2) is 5.13 Å². The van der Waals surface area contributed by atoms with Crippen LogP contribution >= 0.6 is 11.3 Å². The number of nitrogens with zero attached hydrogens (tertiary/aromatic N) is 2. The number of thiazole rings is 1. The lowest BCUT2D eigenvalue weighted by Crippen LogP contribution is -2.50. The Bertz CT molecular complexity index is 646. The highest BCUT2D eigenvalue weighted by atomic mass is 32.1. The number of amides is 1. The van der Waals surface area contributed by atoms with Crippen LogP contribution in [0.3, 0.4) is 0 Å². The number of carbonyl (C=O) groups excluding carboxylic acids is 1. The molecule has 1 unspecified atom stereocenters. The third-order valence-electron chi connectivity index (χ3n) is 4.80. The first-order valence-corrected chi connectivity index (χ1v) is 9.02. The van der Waals surface area contributed by atoms with Gasteiger partial charge in [-0.25, -0.2) is 4.98 Å². The number of piperidine rings is 1. The standard InChI is InChI=1S/C17H21N3OS/c21-16(12-5-3-6-12)18-13-7-4-10-20(11-13)17-19-14-8-1-2-9-15(14)22-17/h1-2,8-9,12-13H,3-7,10-11H2,(H,18,21). The summed E-state index contributed by atoms with van der Waals surface area (Å²) in [6.45, 7) is 1.92. The molecule has 1 aromatic heterocycles. The summed E-state index contributed by atoms with van der Waals surface area (Å²) in [5.41, 5.74) is 1.07. The zero-order chi connectivity index (χ0) is 14.9. The molecule has 2 heterocycles. The second-order valence-corrected chi connectivity index (χ2v) is 7.39. The van der Waals surface area contributed by atoms with Crippen molar-refractivity contribution in [2.45, 2.75) is 38.1 Å². The highest BCUT2D eigenvalue weighted by Gasteiger charge is 2.29. The van der Waals surface area contributed by atoms with Crippen LogP contribution in [0.4, 0.5) is 5.13 Å². The number of aromatic nitrogens is 1. The van der Waals surface area contributed by atoms with Crippen LogP contribution in [-0.2, 0) is 4.79 Å². The van der Waals surface area contributed by atoms with Gasteiger partial charge in [-0.05, 0) is 37.8 Å². The highest BCUT2D eigenvalue weighted by Crippen LogP contribution is 2.31. The van der Waals surface area contributed by atoms with Gasteiger partial charge in [-0.2, -0.15) is 0 Å². The molecule has 2 aliphatic rings. The molecule has 4 rings (SSSR count). The van der Waals surface area contributed by atoms with Gasteiger partial charge in [0.2, 0.25) is 5.91 Å². The summed E-state index contributed by atoms with van der Waals surface area (Å²) in [6, 6.07) is 8.55. The van der Waals surface area contributed by atoms with Gasteiger partial charge in [0.1, 0.15) is 0 Å². The van der Waals surface area contributed by atoms with E-state index in [1.165, 1.54) is 11.1 Å². The predicted molar refractivity (Wildman–Crippen MR) is 90.3 cm³/mol. The molecule has 1 N–H and O–H groups in total. The Balaban J connectivity index is 1.44. The van der Waals surface area contributed by atoms with Gasteiger partial charge in [0.05, 0.1) is 10.2 Å². The number of hydrogen-bond acceptors (Lipinski definition) is 4. The van der Waals surface area contributed by atoms with E-state index >= 15 is 0 Å². The average Bonchev–Trinajstić information content (AvgIpc) is 2.89. The Morgan fingerprint density at radius 3 is 2.86 bits per heavy atom. The summed E-state index contributed by atoms with van der Waals surface area (Å²) in [4.78, 5) is 19.2.